The minimum absolute atomic E-state index is 0.410. The van der Waals surface area contributed by atoms with Crippen LogP contribution in [0.5, 0.6) is 0 Å². The average molecular weight is 108 g/mol. The van der Waals surface area contributed by atoms with Crippen LogP contribution in [0.15, 0.2) is 0 Å². The minimum Gasteiger partial charge on any atom is -0.314 e. The Morgan fingerprint density at radius 1 is 1.88 bits per heavy atom. The summed E-state index contributed by atoms with van der Waals surface area (Å²) in [5.74, 6) is 0.410. The molecule has 2 unspecified atom stereocenters. The molecule has 2 atom stereocenters. The highest BCUT2D eigenvalue weighted by molar-refractivity contribution is 6.13. The first-order chi connectivity index (χ1) is 3.69. The van der Waals surface area contributed by atoms with E-state index in [2.05, 4.69) is 6.07 Å². The van der Waals surface area contributed by atoms with E-state index in [4.69, 9.17) is 11.0 Å². The van der Waals surface area contributed by atoms with Gasteiger partial charge in [0.15, 0.2) is 0 Å². The Bertz CT molecular complexity index is 140. The summed E-state index contributed by atoms with van der Waals surface area (Å²) in [6.45, 7) is 0. The van der Waals surface area contributed by atoms with Crippen molar-refractivity contribution in [1.29, 1.82) is 5.26 Å². The Kier molecular flexibility index (Phi) is 1.06. The van der Waals surface area contributed by atoms with Crippen molar-refractivity contribution in [1.82, 2.24) is 0 Å². The van der Waals surface area contributed by atoms with E-state index in [0.717, 1.165) is 12.8 Å². The zero-order valence-electron chi connectivity index (χ0n) is 5.02. The Morgan fingerprint density at radius 2 is 2.50 bits per heavy atom. The molecule has 0 saturated heterocycles. The summed E-state index contributed by atoms with van der Waals surface area (Å²) < 4.78 is 0. The van der Waals surface area contributed by atoms with Crippen LogP contribution in [-0.2, 0) is 0 Å². The number of rotatable bonds is 0. The van der Waals surface area contributed by atoms with E-state index in [1.165, 1.54) is 0 Å². The fourth-order valence-corrected chi connectivity index (χ4v) is 0.910. The van der Waals surface area contributed by atoms with E-state index >= 15 is 0 Å². The van der Waals surface area contributed by atoms with Crippen molar-refractivity contribution in [2.24, 2.45) is 5.73 Å². The van der Waals surface area contributed by atoms with Crippen LogP contribution < -0.4 is 5.73 Å². The number of nitrogens with two attached hydrogens (primary N) is 1. The highest BCUT2D eigenvalue weighted by atomic mass is 14.8. The lowest BCUT2D eigenvalue weighted by atomic mass is 9.58. The molecule has 3 heteroatoms. The number of hydrogen-bond donors (Lipinski definition) is 1. The SMILES string of the molecule is BC1CCC1(N)C#N. The summed E-state index contributed by atoms with van der Waals surface area (Å²) >= 11 is 0. The summed E-state index contributed by atoms with van der Waals surface area (Å²) in [5.41, 5.74) is 5.11. The van der Waals surface area contributed by atoms with Crippen molar-refractivity contribution in [2.45, 2.75) is 24.2 Å². The first kappa shape index (κ1) is 5.65. The van der Waals surface area contributed by atoms with Crippen molar-refractivity contribution >= 4 is 7.85 Å². The van der Waals surface area contributed by atoms with Gasteiger partial charge in [0.1, 0.15) is 7.85 Å². The second kappa shape index (κ2) is 1.49. The molecule has 0 aromatic heterocycles. The highest BCUT2D eigenvalue weighted by Gasteiger charge is 2.40. The van der Waals surface area contributed by atoms with Crippen LogP contribution in [0.2, 0.25) is 5.82 Å². The van der Waals surface area contributed by atoms with Gasteiger partial charge < -0.3 is 5.73 Å². The van der Waals surface area contributed by atoms with Gasteiger partial charge >= 0.3 is 0 Å². The molecule has 0 radical (unpaired) electrons. The maximum absolute atomic E-state index is 8.44. The molecule has 1 fully saturated rings. The summed E-state index contributed by atoms with van der Waals surface area (Å²) in [5, 5.41) is 8.44. The topological polar surface area (TPSA) is 49.8 Å². The van der Waals surface area contributed by atoms with Gasteiger partial charge in [-0.3, -0.25) is 0 Å². The zero-order chi connectivity index (χ0) is 6.20. The van der Waals surface area contributed by atoms with Crippen molar-refractivity contribution in [3.8, 4) is 6.07 Å². The van der Waals surface area contributed by atoms with Gasteiger partial charge in [-0.2, -0.15) is 5.26 Å². The normalized spacial score (nSPS) is 44.8. The van der Waals surface area contributed by atoms with Gasteiger partial charge in [-0.15, -0.1) is 0 Å². The second-order valence-corrected chi connectivity index (χ2v) is 2.59. The first-order valence-corrected chi connectivity index (χ1v) is 2.89. The van der Waals surface area contributed by atoms with E-state index < -0.39 is 5.54 Å². The lowest BCUT2D eigenvalue weighted by molar-refractivity contribution is 0.328. The second-order valence-electron chi connectivity index (χ2n) is 2.59. The molecular weight excluding hydrogens is 98.9 g/mol. The van der Waals surface area contributed by atoms with Crippen LogP contribution in [0, 0.1) is 11.3 Å². The summed E-state index contributed by atoms with van der Waals surface area (Å²) in [6.07, 6.45) is 1.99. The molecule has 0 aliphatic heterocycles. The fourth-order valence-electron chi connectivity index (χ4n) is 0.910. The highest BCUT2D eigenvalue weighted by Crippen LogP contribution is 2.38. The van der Waals surface area contributed by atoms with Gasteiger partial charge in [-0.25, -0.2) is 0 Å². The fraction of sp³-hybridized carbons (Fsp3) is 0.800. The molecular formula is C5H9BN2. The third-order valence-corrected chi connectivity index (χ3v) is 2.08. The van der Waals surface area contributed by atoms with Crippen LogP contribution in [0.4, 0.5) is 0 Å². The molecule has 0 heterocycles. The largest absolute Gasteiger partial charge is 0.314 e. The predicted molar refractivity (Wildman–Crippen MR) is 34.1 cm³/mol. The van der Waals surface area contributed by atoms with Gasteiger partial charge in [0, 0.05) is 0 Å². The van der Waals surface area contributed by atoms with Gasteiger partial charge in [0.05, 0.1) is 11.6 Å². The molecule has 2 nitrogen and oxygen atoms in total. The Balaban J connectivity index is 2.59. The molecule has 1 rings (SSSR count). The Labute approximate surface area is 50.1 Å². The van der Waals surface area contributed by atoms with Gasteiger partial charge in [0.2, 0.25) is 0 Å². The number of hydrogen-bond acceptors (Lipinski definition) is 2. The first-order valence-electron chi connectivity index (χ1n) is 2.89. The number of nitrogens with zero attached hydrogens (tertiary/aromatic N) is 1. The molecule has 42 valence electrons. The van der Waals surface area contributed by atoms with Gasteiger partial charge in [0.25, 0.3) is 0 Å². The van der Waals surface area contributed by atoms with Crippen molar-refractivity contribution in [2.75, 3.05) is 0 Å². The third kappa shape index (κ3) is 0.534. The lowest BCUT2D eigenvalue weighted by Gasteiger charge is -2.38. The lowest BCUT2D eigenvalue weighted by Crippen LogP contribution is -2.50. The Hall–Kier alpha value is -0.485. The predicted octanol–water partition coefficient (Wildman–Crippen LogP) is -0.577. The Morgan fingerprint density at radius 3 is 2.50 bits per heavy atom. The average Bonchev–Trinajstić information content (AvgIpc) is 1.83. The standard InChI is InChI=1S/C5H9BN2/c6-4-1-2-5(4,8)3-7/h4H,1-2,6,8H2. The van der Waals surface area contributed by atoms with Crippen molar-refractivity contribution in [3.05, 3.63) is 0 Å². The molecule has 1 saturated carbocycles. The van der Waals surface area contributed by atoms with Crippen LogP contribution in [0.3, 0.4) is 0 Å². The van der Waals surface area contributed by atoms with Gasteiger partial charge in [-0.05, 0) is 12.2 Å². The van der Waals surface area contributed by atoms with E-state index in [0.29, 0.717) is 5.82 Å². The van der Waals surface area contributed by atoms with E-state index in [1.54, 1.807) is 0 Å². The molecule has 0 spiro atoms. The zero-order valence-corrected chi connectivity index (χ0v) is 5.02. The minimum atomic E-state index is -0.472. The van der Waals surface area contributed by atoms with Crippen LogP contribution in [0.25, 0.3) is 0 Å². The smallest absolute Gasteiger partial charge is 0.109 e. The van der Waals surface area contributed by atoms with Crippen LogP contribution >= 0.6 is 0 Å². The molecule has 0 aromatic rings. The number of nitriles is 1. The molecule has 0 aromatic carbocycles. The summed E-state index contributed by atoms with van der Waals surface area (Å²) in [6, 6.07) is 2.11. The summed E-state index contributed by atoms with van der Waals surface area (Å²) in [4.78, 5) is 0. The maximum atomic E-state index is 8.44. The van der Waals surface area contributed by atoms with E-state index in [9.17, 15) is 0 Å². The van der Waals surface area contributed by atoms with E-state index in [-0.39, 0.29) is 0 Å². The molecule has 1 aliphatic carbocycles. The quantitative estimate of drug-likeness (QED) is 0.422. The van der Waals surface area contributed by atoms with Crippen LogP contribution in [0.1, 0.15) is 12.8 Å². The molecule has 1 aliphatic rings. The van der Waals surface area contributed by atoms with Crippen molar-refractivity contribution < 1.29 is 0 Å². The van der Waals surface area contributed by atoms with Gasteiger partial charge in [-0.1, -0.05) is 6.42 Å². The molecule has 8 heavy (non-hydrogen) atoms. The maximum Gasteiger partial charge on any atom is 0.109 e. The third-order valence-electron chi connectivity index (χ3n) is 2.08. The molecule has 2 N–H and O–H groups in total. The molecule has 0 amide bonds. The van der Waals surface area contributed by atoms with Crippen LogP contribution in [-0.4, -0.2) is 13.4 Å². The monoisotopic (exact) mass is 108 g/mol. The van der Waals surface area contributed by atoms with Crippen molar-refractivity contribution in [3.63, 3.8) is 0 Å². The molecule has 0 bridgehead atoms. The van der Waals surface area contributed by atoms with E-state index in [1.807, 2.05) is 7.85 Å². The summed E-state index contributed by atoms with van der Waals surface area (Å²) in [7, 11) is 2.02.